The van der Waals surface area contributed by atoms with E-state index >= 15 is 0 Å². The van der Waals surface area contributed by atoms with E-state index < -0.39 is 0 Å². The summed E-state index contributed by atoms with van der Waals surface area (Å²) >= 11 is 0. The summed E-state index contributed by atoms with van der Waals surface area (Å²) < 4.78 is 5.90. The molecule has 2 heteroatoms. The molecule has 0 amide bonds. The summed E-state index contributed by atoms with van der Waals surface area (Å²) in [4.78, 5) is 0. The summed E-state index contributed by atoms with van der Waals surface area (Å²) in [7, 11) is 2.01. The first-order chi connectivity index (χ1) is 9.58. The van der Waals surface area contributed by atoms with Gasteiger partial charge in [0.1, 0.15) is 0 Å². The number of benzene rings is 2. The highest BCUT2D eigenvalue weighted by Crippen LogP contribution is 2.24. The van der Waals surface area contributed by atoms with Crippen molar-refractivity contribution in [3.8, 4) is 0 Å². The third-order valence-electron chi connectivity index (χ3n) is 4.01. The van der Waals surface area contributed by atoms with Gasteiger partial charge in [-0.2, -0.15) is 0 Å². The zero-order valence-corrected chi connectivity index (χ0v) is 12.9. The number of hydrogen-bond acceptors (Lipinski definition) is 2. The molecule has 0 fully saturated rings. The van der Waals surface area contributed by atoms with Gasteiger partial charge in [0.05, 0.1) is 5.60 Å². The molecule has 1 unspecified atom stereocenters. The van der Waals surface area contributed by atoms with E-state index in [9.17, 15) is 0 Å². The largest absolute Gasteiger partial charge is 0.374 e. The van der Waals surface area contributed by atoms with Crippen LogP contribution in [0.4, 0.5) is 0 Å². The molecule has 1 atom stereocenters. The maximum Gasteiger partial charge on any atom is 0.0781 e. The van der Waals surface area contributed by atoms with Gasteiger partial charge in [0, 0.05) is 12.6 Å². The van der Waals surface area contributed by atoms with Crippen LogP contribution in [0.15, 0.2) is 42.5 Å². The minimum Gasteiger partial charge on any atom is -0.374 e. The minimum atomic E-state index is -0.180. The van der Waals surface area contributed by atoms with E-state index in [1.54, 1.807) is 0 Å². The number of fused-ring (bicyclic) bond motifs is 1. The van der Waals surface area contributed by atoms with E-state index in [0.29, 0.717) is 0 Å². The maximum atomic E-state index is 5.90. The summed E-state index contributed by atoms with van der Waals surface area (Å²) in [6, 6.07) is 15.4. The van der Waals surface area contributed by atoms with E-state index in [2.05, 4.69) is 61.6 Å². The molecule has 0 saturated heterocycles. The van der Waals surface area contributed by atoms with Crippen molar-refractivity contribution in [1.82, 2.24) is 5.32 Å². The molecule has 0 bridgehead atoms. The van der Waals surface area contributed by atoms with E-state index in [-0.39, 0.29) is 11.6 Å². The van der Waals surface area contributed by atoms with Crippen molar-refractivity contribution in [3.05, 3.63) is 48.0 Å². The second-order valence-corrected chi connectivity index (χ2v) is 5.72. The van der Waals surface area contributed by atoms with Crippen LogP contribution < -0.4 is 5.32 Å². The summed E-state index contributed by atoms with van der Waals surface area (Å²) in [5, 5.41) is 6.05. The molecule has 0 aliphatic carbocycles. The molecular formula is C18H25NO. The average molecular weight is 271 g/mol. The van der Waals surface area contributed by atoms with Crippen LogP contribution in [0.3, 0.4) is 0 Å². The smallest absolute Gasteiger partial charge is 0.0781 e. The lowest BCUT2D eigenvalue weighted by atomic mass is 9.90. The predicted octanol–water partition coefficient (Wildman–Crippen LogP) is 3.79. The third-order valence-corrected chi connectivity index (χ3v) is 4.01. The molecule has 2 rings (SSSR count). The van der Waals surface area contributed by atoms with Gasteiger partial charge in [0.25, 0.3) is 0 Å². The van der Waals surface area contributed by atoms with Gasteiger partial charge in [-0.15, -0.1) is 0 Å². The van der Waals surface area contributed by atoms with Crippen molar-refractivity contribution in [3.63, 3.8) is 0 Å². The van der Waals surface area contributed by atoms with E-state index in [1.165, 1.54) is 16.3 Å². The lowest BCUT2D eigenvalue weighted by Gasteiger charge is -2.34. The number of ether oxygens (including phenoxy) is 1. The van der Waals surface area contributed by atoms with Crippen LogP contribution in [-0.2, 0) is 11.2 Å². The lowest BCUT2D eigenvalue weighted by Crippen LogP contribution is -2.48. The second kappa shape index (κ2) is 6.38. The Morgan fingerprint density at radius 3 is 2.50 bits per heavy atom. The summed E-state index contributed by atoms with van der Waals surface area (Å²) in [5.41, 5.74) is 1.19. The summed E-state index contributed by atoms with van der Waals surface area (Å²) in [6.45, 7) is 7.10. The second-order valence-electron chi connectivity index (χ2n) is 5.72. The highest BCUT2D eigenvalue weighted by Gasteiger charge is 2.29. The third kappa shape index (κ3) is 3.20. The summed E-state index contributed by atoms with van der Waals surface area (Å²) in [6.07, 6.45) is 0.963. The first-order valence-electron chi connectivity index (χ1n) is 7.36. The zero-order valence-electron chi connectivity index (χ0n) is 12.9. The molecule has 20 heavy (non-hydrogen) atoms. The number of nitrogens with one attached hydrogen (secondary N) is 1. The van der Waals surface area contributed by atoms with Crippen LogP contribution in [0.1, 0.15) is 26.3 Å². The number of hydrogen-bond donors (Lipinski definition) is 1. The van der Waals surface area contributed by atoms with Crippen LogP contribution in [0.25, 0.3) is 10.8 Å². The molecule has 0 spiro atoms. The Labute approximate surface area is 122 Å². The fourth-order valence-electron chi connectivity index (χ4n) is 2.86. The topological polar surface area (TPSA) is 21.3 Å². The molecule has 0 radical (unpaired) electrons. The van der Waals surface area contributed by atoms with E-state index in [4.69, 9.17) is 4.74 Å². The van der Waals surface area contributed by atoms with Gasteiger partial charge in [-0.1, -0.05) is 42.5 Å². The molecule has 1 N–H and O–H groups in total. The van der Waals surface area contributed by atoms with Gasteiger partial charge in [-0.25, -0.2) is 0 Å². The standard InChI is InChI=1S/C18H25NO/c1-5-20-18(2,3)17(19-4)13-15-11-8-10-14-9-6-7-12-16(14)15/h6-12,17,19H,5,13H2,1-4H3. The highest BCUT2D eigenvalue weighted by atomic mass is 16.5. The molecule has 0 saturated carbocycles. The fraction of sp³-hybridized carbons (Fsp3) is 0.444. The molecule has 2 aromatic carbocycles. The van der Waals surface area contributed by atoms with Gasteiger partial charge >= 0.3 is 0 Å². The SMILES string of the molecule is CCOC(C)(C)C(Cc1cccc2ccccc12)NC. The fourth-order valence-corrected chi connectivity index (χ4v) is 2.86. The Morgan fingerprint density at radius 2 is 1.80 bits per heavy atom. The first kappa shape index (κ1) is 15.0. The van der Waals surface area contributed by atoms with Gasteiger partial charge in [0.15, 0.2) is 0 Å². The molecule has 2 nitrogen and oxygen atoms in total. The van der Waals surface area contributed by atoms with Crippen molar-refractivity contribution < 1.29 is 4.74 Å². The highest BCUT2D eigenvalue weighted by molar-refractivity contribution is 5.85. The Morgan fingerprint density at radius 1 is 1.10 bits per heavy atom. The Kier molecular flexibility index (Phi) is 4.79. The Balaban J connectivity index is 2.30. The Hall–Kier alpha value is -1.38. The zero-order chi connectivity index (χ0) is 14.6. The maximum absolute atomic E-state index is 5.90. The Bertz CT molecular complexity index is 557. The van der Waals surface area contributed by atoms with Crippen LogP contribution >= 0.6 is 0 Å². The van der Waals surface area contributed by atoms with Gasteiger partial charge in [-0.05, 0) is 50.6 Å². The number of likely N-dealkylation sites (N-methyl/N-ethyl adjacent to an activating group) is 1. The van der Waals surface area contributed by atoms with E-state index in [0.717, 1.165) is 13.0 Å². The summed E-state index contributed by atoms with van der Waals surface area (Å²) in [5.74, 6) is 0. The molecule has 0 heterocycles. The van der Waals surface area contributed by atoms with Crippen molar-refractivity contribution in [1.29, 1.82) is 0 Å². The lowest BCUT2D eigenvalue weighted by molar-refractivity contribution is -0.0362. The van der Waals surface area contributed by atoms with Crippen LogP contribution in [0.2, 0.25) is 0 Å². The van der Waals surface area contributed by atoms with Crippen LogP contribution in [0, 0.1) is 0 Å². The minimum absolute atomic E-state index is 0.180. The van der Waals surface area contributed by atoms with Crippen molar-refractivity contribution in [2.45, 2.75) is 38.8 Å². The molecule has 0 aromatic heterocycles. The molecule has 0 aliphatic heterocycles. The van der Waals surface area contributed by atoms with Gasteiger partial charge < -0.3 is 10.1 Å². The van der Waals surface area contributed by atoms with Crippen LogP contribution in [-0.4, -0.2) is 25.3 Å². The quantitative estimate of drug-likeness (QED) is 0.863. The average Bonchev–Trinajstić information content (AvgIpc) is 2.44. The van der Waals surface area contributed by atoms with Crippen LogP contribution in [0.5, 0.6) is 0 Å². The van der Waals surface area contributed by atoms with Gasteiger partial charge in [0.2, 0.25) is 0 Å². The monoisotopic (exact) mass is 271 g/mol. The van der Waals surface area contributed by atoms with Crippen molar-refractivity contribution in [2.24, 2.45) is 0 Å². The predicted molar refractivity (Wildman–Crippen MR) is 86.2 cm³/mol. The normalized spacial score (nSPS) is 13.6. The number of rotatable bonds is 6. The van der Waals surface area contributed by atoms with Gasteiger partial charge in [-0.3, -0.25) is 0 Å². The van der Waals surface area contributed by atoms with Crippen molar-refractivity contribution >= 4 is 10.8 Å². The molecule has 108 valence electrons. The van der Waals surface area contributed by atoms with E-state index in [1.807, 2.05) is 14.0 Å². The van der Waals surface area contributed by atoms with Crippen molar-refractivity contribution in [2.75, 3.05) is 13.7 Å². The molecule has 2 aromatic rings. The first-order valence-corrected chi connectivity index (χ1v) is 7.36. The molecule has 0 aliphatic rings. The molecular weight excluding hydrogens is 246 g/mol.